The van der Waals surface area contributed by atoms with Gasteiger partial charge in [0.25, 0.3) is 0 Å². The Morgan fingerprint density at radius 2 is 2.37 bits per heavy atom. The predicted molar refractivity (Wildman–Crippen MR) is 73.3 cm³/mol. The van der Waals surface area contributed by atoms with Crippen molar-refractivity contribution in [2.75, 3.05) is 45.2 Å². The molecule has 0 aromatic carbocycles. The Labute approximate surface area is 113 Å². The maximum absolute atomic E-state index is 11.8. The number of esters is 1. The Hall–Kier alpha value is -1.66. The maximum atomic E-state index is 11.8. The molecule has 0 radical (unpaired) electrons. The highest BCUT2D eigenvalue weighted by Gasteiger charge is 2.28. The smallest absolute Gasteiger partial charge is 0.341 e. The highest BCUT2D eigenvalue weighted by molar-refractivity contribution is 5.94. The number of likely N-dealkylation sites (N-methyl/N-ethyl adjacent to an activating group) is 1. The van der Waals surface area contributed by atoms with E-state index in [2.05, 4.69) is 21.8 Å². The minimum atomic E-state index is -0.363. The second-order valence-corrected chi connectivity index (χ2v) is 4.71. The molecule has 19 heavy (non-hydrogen) atoms. The molecule has 2 heterocycles. The van der Waals surface area contributed by atoms with E-state index in [0.717, 1.165) is 19.6 Å². The number of methoxy groups -OCH3 is 1. The third kappa shape index (κ3) is 2.85. The first-order valence-corrected chi connectivity index (χ1v) is 6.36. The molecular formula is C13H20N4O2. The zero-order valence-electron chi connectivity index (χ0n) is 11.4. The molecule has 0 aliphatic carbocycles. The van der Waals surface area contributed by atoms with Crippen molar-refractivity contribution in [2.45, 2.75) is 6.04 Å². The lowest BCUT2D eigenvalue weighted by atomic mass is 10.1. The van der Waals surface area contributed by atoms with Crippen LogP contribution in [0.25, 0.3) is 0 Å². The van der Waals surface area contributed by atoms with Gasteiger partial charge in [-0.2, -0.15) is 0 Å². The minimum absolute atomic E-state index is 0.164. The van der Waals surface area contributed by atoms with E-state index in [1.54, 1.807) is 18.3 Å². The molecule has 2 N–H and O–H groups in total. The van der Waals surface area contributed by atoms with E-state index >= 15 is 0 Å². The molecule has 6 nitrogen and oxygen atoms in total. The molecule has 0 saturated carbocycles. The lowest BCUT2D eigenvalue weighted by Gasteiger charge is -2.40. The number of piperazine rings is 1. The van der Waals surface area contributed by atoms with Crippen LogP contribution in [0.4, 0.5) is 5.82 Å². The summed E-state index contributed by atoms with van der Waals surface area (Å²) < 4.78 is 4.81. The van der Waals surface area contributed by atoms with Crippen LogP contribution in [0.3, 0.4) is 0 Å². The summed E-state index contributed by atoms with van der Waals surface area (Å²) in [5.74, 6) is 0.302. The fourth-order valence-electron chi connectivity index (χ4n) is 2.39. The summed E-state index contributed by atoms with van der Waals surface area (Å²) >= 11 is 0. The molecule has 1 atom stereocenters. The summed E-state index contributed by atoms with van der Waals surface area (Å²) in [5, 5.41) is 0. The average molecular weight is 264 g/mol. The van der Waals surface area contributed by atoms with Crippen molar-refractivity contribution in [2.24, 2.45) is 5.73 Å². The molecule has 104 valence electrons. The van der Waals surface area contributed by atoms with Crippen LogP contribution in [0.5, 0.6) is 0 Å². The monoisotopic (exact) mass is 264 g/mol. The van der Waals surface area contributed by atoms with E-state index in [-0.39, 0.29) is 12.0 Å². The normalized spacial score (nSPS) is 20.4. The van der Waals surface area contributed by atoms with Crippen molar-refractivity contribution in [3.63, 3.8) is 0 Å². The number of nitrogens with zero attached hydrogens (tertiary/aromatic N) is 3. The first kappa shape index (κ1) is 13.8. The zero-order chi connectivity index (χ0) is 13.8. The Balaban J connectivity index is 2.32. The second kappa shape index (κ2) is 5.99. The largest absolute Gasteiger partial charge is 0.465 e. The van der Waals surface area contributed by atoms with Gasteiger partial charge < -0.3 is 20.3 Å². The summed E-state index contributed by atoms with van der Waals surface area (Å²) in [4.78, 5) is 20.5. The van der Waals surface area contributed by atoms with Crippen LogP contribution in [0.15, 0.2) is 18.3 Å². The number of hydrogen-bond donors (Lipinski definition) is 1. The van der Waals surface area contributed by atoms with Gasteiger partial charge >= 0.3 is 5.97 Å². The molecule has 2 rings (SSSR count). The van der Waals surface area contributed by atoms with Gasteiger partial charge in [-0.15, -0.1) is 0 Å². The van der Waals surface area contributed by atoms with Gasteiger partial charge in [-0.3, -0.25) is 0 Å². The molecule has 1 aliphatic rings. The molecule has 1 unspecified atom stereocenters. The molecule has 1 saturated heterocycles. The van der Waals surface area contributed by atoms with Crippen LogP contribution in [0.1, 0.15) is 10.4 Å². The minimum Gasteiger partial charge on any atom is -0.465 e. The van der Waals surface area contributed by atoms with Gasteiger partial charge in [-0.1, -0.05) is 0 Å². The molecule has 1 aromatic heterocycles. The Kier molecular flexibility index (Phi) is 4.34. The highest BCUT2D eigenvalue weighted by Crippen LogP contribution is 2.22. The number of carbonyl (C=O) groups is 1. The third-order valence-electron chi connectivity index (χ3n) is 3.42. The Morgan fingerprint density at radius 3 is 3.05 bits per heavy atom. The van der Waals surface area contributed by atoms with Gasteiger partial charge in [0, 0.05) is 32.4 Å². The lowest BCUT2D eigenvalue weighted by molar-refractivity contribution is 0.0600. The fraction of sp³-hybridized carbons (Fsp3) is 0.538. The van der Waals surface area contributed by atoms with E-state index in [1.807, 2.05) is 0 Å². The van der Waals surface area contributed by atoms with Crippen LogP contribution in [0.2, 0.25) is 0 Å². The molecule has 1 aliphatic heterocycles. The molecule has 6 heteroatoms. The maximum Gasteiger partial charge on any atom is 0.341 e. The summed E-state index contributed by atoms with van der Waals surface area (Å²) in [5.41, 5.74) is 6.33. The summed E-state index contributed by atoms with van der Waals surface area (Å²) in [6, 6.07) is 3.64. The van der Waals surface area contributed by atoms with Crippen molar-refractivity contribution < 1.29 is 9.53 Å². The first-order chi connectivity index (χ1) is 9.17. The van der Waals surface area contributed by atoms with Gasteiger partial charge in [-0.25, -0.2) is 9.78 Å². The molecule has 1 fully saturated rings. The number of anilines is 1. The van der Waals surface area contributed by atoms with E-state index in [4.69, 9.17) is 10.5 Å². The van der Waals surface area contributed by atoms with Crippen molar-refractivity contribution in [3.8, 4) is 0 Å². The van der Waals surface area contributed by atoms with Crippen LogP contribution in [-0.2, 0) is 4.74 Å². The number of aromatic nitrogens is 1. The summed E-state index contributed by atoms with van der Waals surface area (Å²) in [6.07, 6.45) is 1.69. The Bertz CT molecular complexity index is 452. The van der Waals surface area contributed by atoms with Gasteiger partial charge in [0.1, 0.15) is 11.4 Å². The number of rotatable bonds is 3. The van der Waals surface area contributed by atoms with E-state index in [9.17, 15) is 4.79 Å². The molecule has 0 spiro atoms. The SMILES string of the molecule is COC(=O)c1cccnc1N1CCN(C)CC1CN. The number of pyridine rings is 1. The van der Waals surface area contributed by atoms with Crippen molar-refractivity contribution in [1.29, 1.82) is 0 Å². The summed E-state index contributed by atoms with van der Waals surface area (Å²) in [6.45, 7) is 3.13. The van der Waals surface area contributed by atoms with Crippen molar-refractivity contribution in [3.05, 3.63) is 23.9 Å². The van der Waals surface area contributed by atoms with Crippen molar-refractivity contribution >= 4 is 11.8 Å². The van der Waals surface area contributed by atoms with E-state index < -0.39 is 0 Å². The van der Waals surface area contributed by atoms with Crippen LogP contribution in [0, 0.1) is 0 Å². The lowest BCUT2D eigenvalue weighted by Crippen LogP contribution is -2.55. The van der Waals surface area contributed by atoms with Crippen LogP contribution >= 0.6 is 0 Å². The molecule has 0 bridgehead atoms. The molecule has 1 aromatic rings. The number of hydrogen-bond acceptors (Lipinski definition) is 6. The van der Waals surface area contributed by atoms with Crippen LogP contribution in [-0.4, -0.2) is 62.2 Å². The van der Waals surface area contributed by atoms with E-state index in [1.165, 1.54) is 7.11 Å². The first-order valence-electron chi connectivity index (χ1n) is 6.36. The fourth-order valence-corrected chi connectivity index (χ4v) is 2.39. The standard InChI is InChI=1S/C13H20N4O2/c1-16-6-7-17(10(8-14)9-16)12-11(13(18)19-2)4-3-5-15-12/h3-5,10H,6-9,14H2,1-2H3. The van der Waals surface area contributed by atoms with Gasteiger partial charge in [0.15, 0.2) is 0 Å². The predicted octanol–water partition coefficient (Wildman–Crippen LogP) is -0.0527. The zero-order valence-corrected chi connectivity index (χ0v) is 11.4. The topological polar surface area (TPSA) is 71.7 Å². The average Bonchev–Trinajstić information content (AvgIpc) is 2.46. The number of ether oxygens (including phenoxy) is 1. The quantitative estimate of drug-likeness (QED) is 0.772. The number of carbonyl (C=O) groups excluding carboxylic acids is 1. The highest BCUT2D eigenvalue weighted by atomic mass is 16.5. The van der Waals surface area contributed by atoms with Crippen molar-refractivity contribution in [1.82, 2.24) is 9.88 Å². The molecule has 0 amide bonds. The Morgan fingerprint density at radius 1 is 1.58 bits per heavy atom. The van der Waals surface area contributed by atoms with Gasteiger partial charge in [-0.05, 0) is 19.2 Å². The van der Waals surface area contributed by atoms with Gasteiger partial charge in [0.05, 0.1) is 13.2 Å². The number of nitrogens with two attached hydrogens (primary N) is 1. The summed E-state index contributed by atoms with van der Waals surface area (Å²) in [7, 11) is 3.45. The van der Waals surface area contributed by atoms with Gasteiger partial charge in [0.2, 0.25) is 0 Å². The van der Waals surface area contributed by atoms with Crippen LogP contribution < -0.4 is 10.6 Å². The molecular weight excluding hydrogens is 244 g/mol. The second-order valence-electron chi connectivity index (χ2n) is 4.71. The third-order valence-corrected chi connectivity index (χ3v) is 3.42. The van der Waals surface area contributed by atoms with E-state index in [0.29, 0.717) is 17.9 Å².